The molecular weight excluding hydrogens is 188 g/mol. The van der Waals surface area contributed by atoms with Crippen molar-refractivity contribution in [2.75, 3.05) is 12.3 Å². The van der Waals surface area contributed by atoms with Crippen LogP contribution in [-0.2, 0) is 11.2 Å². The van der Waals surface area contributed by atoms with Crippen LogP contribution in [0.25, 0.3) is 0 Å². The summed E-state index contributed by atoms with van der Waals surface area (Å²) in [5.74, 6) is -0.0106. The number of rotatable bonds is 4. The van der Waals surface area contributed by atoms with Crippen molar-refractivity contribution in [2.24, 2.45) is 0 Å². The Balaban J connectivity index is 2.48. The third-order valence-electron chi connectivity index (χ3n) is 1.90. The minimum Gasteiger partial charge on any atom is -0.399 e. The number of carbonyl (C=O) groups is 1. The SMILES string of the molecule is C=C(C)CNC(=O)Cc1cccc(N)c1. The first kappa shape index (κ1) is 11.3. The maximum Gasteiger partial charge on any atom is 0.224 e. The van der Waals surface area contributed by atoms with E-state index >= 15 is 0 Å². The molecule has 1 aromatic carbocycles. The second kappa shape index (κ2) is 5.20. The molecule has 0 heterocycles. The summed E-state index contributed by atoms with van der Waals surface area (Å²) in [6.45, 7) is 6.12. The Morgan fingerprint density at radius 3 is 2.87 bits per heavy atom. The lowest BCUT2D eigenvalue weighted by Gasteiger charge is -2.05. The van der Waals surface area contributed by atoms with Gasteiger partial charge >= 0.3 is 0 Å². The van der Waals surface area contributed by atoms with Crippen LogP contribution in [0.4, 0.5) is 5.69 Å². The van der Waals surface area contributed by atoms with Crippen molar-refractivity contribution in [3.05, 3.63) is 42.0 Å². The highest BCUT2D eigenvalue weighted by atomic mass is 16.1. The predicted octanol–water partition coefficient (Wildman–Crippen LogP) is 1.50. The fourth-order valence-corrected chi connectivity index (χ4v) is 1.20. The molecule has 0 unspecified atom stereocenters. The maximum absolute atomic E-state index is 11.4. The summed E-state index contributed by atoms with van der Waals surface area (Å²) in [7, 11) is 0. The summed E-state index contributed by atoms with van der Waals surface area (Å²) >= 11 is 0. The first-order chi connectivity index (χ1) is 7.08. The fourth-order valence-electron chi connectivity index (χ4n) is 1.20. The molecule has 0 aliphatic rings. The van der Waals surface area contributed by atoms with Crippen LogP contribution < -0.4 is 11.1 Å². The van der Waals surface area contributed by atoms with Crippen molar-refractivity contribution < 1.29 is 4.79 Å². The first-order valence-corrected chi connectivity index (χ1v) is 4.83. The molecule has 1 amide bonds. The van der Waals surface area contributed by atoms with Gasteiger partial charge in [-0.3, -0.25) is 4.79 Å². The van der Waals surface area contributed by atoms with Crippen LogP contribution in [0.2, 0.25) is 0 Å². The third kappa shape index (κ3) is 4.31. The van der Waals surface area contributed by atoms with Crippen molar-refractivity contribution in [1.29, 1.82) is 0 Å². The average molecular weight is 204 g/mol. The summed E-state index contributed by atoms with van der Waals surface area (Å²) < 4.78 is 0. The monoisotopic (exact) mass is 204 g/mol. The van der Waals surface area contributed by atoms with Gasteiger partial charge in [-0.2, -0.15) is 0 Å². The van der Waals surface area contributed by atoms with Gasteiger partial charge in [0.15, 0.2) is 0 Å². The minimum atomic E-state index is -0.0106. The van der Waals surface area contributed by atoms with E-state index in [9.17, 15) is 4.79 Å². The fraction of sp³-hybridized carbons (Fsp3) is 0.250. The molecule has 0 spiro atoms. The molecule has 80 valence electrons. The Kier molecular flexibility index (Phi) is 3.92. The number of nitrogen functional groups attached to an aromatic ring is 1. The molecule has 15 heavy (non-hydrogen) atoms. The Labute approximate surface area is 90.0 Å². The van der Waals surface area contributed by atoms with Gasteiger partial charge in [0.1, 0.15) is 0 Å². The van der Waals surface area contributed by atoms with Crippen molar-refractivity contribution in [2.45, 2.75) is 13.3 Å². The van der Waals surface area contributed by atoms with E-state index in [4.69, 9.17) is 5.73 Å². The second-order valence-corrected chi connectivity index (χ2v) is 3.66. The van der Waals surface area contributed by atoms with E-state index in [1.54, 1.807) is 12.1 Å². The summed E-state index contributed by atoms with van der Waals surface area (Å²) in [4.78, 5) is 11.4. The van der Waals surface area contributed by atoms with Crippen molar-refractivity contribution >= 4 is 11.6 Å². The van der Waals surface area contributed by atoms with Crippen LogP contribution in [0.3, 0.4) is 0 Å². The number of hydrogen-bond donors (Lipinski definition) is 2. The minimum absolute atomic E-state index is 0.0106. The highest BCUT2D eigenvalue weighted by Crippen LogP contribution is 2.06. The molecule has 3 N–H and O–H groups in total. The van der Waals surface area contributed by atoms with Crippen LogP contribution in [0.5, 0.6) is 0 Å². The zero-order valence-electron chi connectivity index (χ0n) is 8.92. The molecule has 0 fully saturated rings. The number of benzene rings is 1. The molecule has 0 atom stereocenters. The van der Waals surface area contributed by atoms with Gasteiger partial charge in [-0.25, -0.2) is 0 Å². The number of nitrogens with one attached hydrogen (secondary N) is 1. The van der Waals surface area contributed by atoms with E-state index in [2.05, 4.69) is 11.9 Å². The number of nitrogens with two attached hydrogens (primary N) is 1. The second-order valence-electron chi connectivity index (χ2n) is 3.66. The molecule has 1 rings (SSSR count). The van der Waals surface area contributed by atoms with Gasteiger partial charge in [0.05, 0.1) is 6.42 Å². The van der Waals surface area contributed by atoms with Crippen molar-refractivity contribution in [1.82, 2.24) is 5.32 Å². The Hall–Kier alpha value is -1.77. The quantitative estimate of drug-likeness (QED) is 0.577. The van der Waals surface area contributed by atoms with E-state index < -0.39 is 0 Å². The Morgan fingerprint density at radius 1 is 1.53 bits per heavy atom. The van der Waals surface area contributed by atoms with Crippen LogP contribution in [0.15, 0.2) is 36.4 Å². The number of anilines is 1. The van der Waals surface area contributed by atoms with Crippen LogP contribution in [-0.4, -0.2) is 12.5 Å². The molecule has 3 nitrogen and oxygen atoms in total. The first-order valence-electron chi connectivity index (χ1n) is 4.83. The molecule has 0 saturated carbocycles. The lowest BCUT2D eigenvalue weighted by atomic mass is 10.1. The molecule has 0 bridgehead atoms. The highest BCUT2D eigenvalue weighted by Gasteiger charge is 2.02. The normalized spacial score (nSPS) is 9.67. The van der Waals surface area contributed by atoms with E-state index in [0.29, 0.717) is 18.7 Å². The number of amides is 1. The topological polar surface area (TPSA) is 55.1 Å². The van der Waals surface area contributed by atoms with Gasteiger partial charge < -0.3 is 11.1 Å². The molecule has 0 aliphatic carbocycles. The van der Waals surface area contributed by atoms with Crippen molar-refractivity contribution in [3.8, 4) is 0 Å². The Morgan fingerprint density at radius 2 is 2.27 bits per heavy atom. The predicted molar refractivity (Wildman–Crippen MR) is 62.4 cm³/mol. The number of carbonyl (C=O) groups excluding carboxylic acids is 1. The van der Waals surface area contributed by atoms with Gasteiger partial charge in [-0.15, -0.1) is 0 Å². The van der Waals surface area contributed by atoms with Crippen LogP contribution >= 0.6 is 0 Å². The summed E-state index contributed by atoms with van der Waals surface area (Å²) in [6, 6.07) is 7.34. The van der Waals surface area contributed by atoms with Gasteiger partial charge in [0.25, 0.3) is 0 Å². The molecule has 0 radical (unpaired) electrons. The molecule has 0 aliphatic heterocycles. The van der Waals surface area contributed by atoms with Crippen molar-refractivity contribution in [3.63, 3.8) is 0 Å². The smallest absolute Gasteiger partial charge is 0.224 e. The molecule has 3 heteroatoms. The van der Waals surface area contributed by atoms with Gasteiger partial charge in [-0.05, 0) is 24.6 Å². The summed E-state index contributed by atoms with van der Waals surface area (Å²) in [5, 5.41) is 2.77. The highest BCUT2D eigenvalue weighted by molar-refractivity contribution is 5.79. The van der Waals surface area contributed by atoms with E-state index in [-0.39, 0.29) is 5.91 Å². The van der Waals surface area contributed by atoms with E-state index in [1.807, 2.05) is 19.1 Å². The lowest BCUT2D eigenvalue weighted by molar-refractivity contribution is -0.120. The van der Waals surface area contributed by atoms with Gasteiger partial charge in [0, 0.05) is 12.2 Å². The average Bonchev–Trinajstić information content (AvgIpc) is 2.15. The zero-order valence-corrected chi connectivity index (χ0v) is 8.92. The van der Waals surface area contributed by atoms with Crippen LogP contribution in [0.1, 0.15) is 12.5 Å². The third-order valence-corrected chi connectivity index (χ3v) is 1.90. The summed E-state index contributed by atoms with van der Waals surface area (Å²) in [6.07, 6.45) is 0.359. The van der Waals surface area contributed by atoms with Gasteiger partial charge in [-0.1, -0.05) is 24.3 Å². The van der Waals surface area contributed by atoms with E-state index in [0.717, 1.165) is 11.1 Å². The van der Waals surface area contributed by atoms with Gasteiger partial charge in [0.2, 0.25) is 5.91 Å². The lowest BCUT2D eigenvalue weighted by Crippen LogP contribution is -2.26. The maximum atomic E-state index is 11.4. The largest absolute Gasteiger partial charge is 0.399 e. The standard InChI is InChI=1S/C12H16N2O/c1-9(2)8-14-12(15)7-10-4-3-5-11(13)6-10/h3-6H,1,7-8,13H2,2H3,(H,14,15). The summed E-state index contributed by atoms with van der Waals surface area (Å²) in [5.41, 5.74) is 8.16. The molecule has 0 saturated heterocycles. The van der Waals surface area contributed by atoms with Crippen LogP contribution in [0, 0.1) is 0 Å². The Bertz CT molecular complexity index is 372. The molecule has 1 aromatic rings. The molecule has 0 aromatic heterocycles. The zero-order chi connectivity index (χ0) is 11.3. The van der Waals surface area contributed by atoms with E-state index in [1.165, 1.54) is 0 Å². The number of hydrogen-bond acceptors (Lipinski definition) is 2. The molecular formula is C12H16N2O.